The van der Waals surface area contributed by atoms with Gasteiger partial charge in [0, 0.05) is 32.2 Å². The molecule has 0 spiro atoms. The van der Waals surface area contributed by atoms with E-state index >= 15 is 0 Å². The normalized spacial score (nSPS) is 11.7. The molecule has 1 amide bonds. The Morgan fingerprint density at radius 3 is 2.36 bits per heavy atom. The molecule has 10 heteroatoms. The third-order valence-corrected chi connectivity index (χ3v) is 5.11. The van der Waals surface area contributed by atoms with E-state index in [-0.39, 0.29) is 38.5 Å². The fourth-order valence-electron chi connectivity index (χ4n) is 3.16. The van der Waals surface area contributed by atoms with Crippen LogP contribution in [0.4, 0.5) is 13.6 Å². The molecule has 0 fully saturated rings. The molecule has 0 radical (unpaired) electrons. The molecule has 1 atom stereocenters. The number of halogens is 2. The zero-order chi connectivity index (χ0) is 26.3. The summed E-state index contributed by atoms with van der Waals surface area (Å²) < 4.78 is 48.6. The summed E-state index contributed by atoms with van der Waals surface area (Å²) in [6.45, 7) is 5.34. The second kappa shape index (κ2) is 15.7. The van der Waals surface area contributed by atoms with E-state index in [0.29, 0.717) is 25.0 Å². The molecular weight excluding hydrogens is 476 g/mol. The van der Waals surface area contributed by atoms with Gasteiger partial charge in [0.05, 0.1) is 13.2 Å². The number of carboxylic acids is 1. The monoisotopic (exact) mass is 509 g/mol. The quantitative estimate of drug-likeness (QED) is 0.328. The molecule has 8 nitrogen and oxygen atoms in total. The topological polar surface area (TPSA) is 94.5 Å². The number of ether oxygens (including phenoxy) is 4. The van der Waals surface area contributed by atoms with E-state index in [2.05, 4.69) is 0 Å². The summed E-state index contributed by atoms with van der Waals surface area (Å²) in [4.78, 5) is 25.2. The van der Waals surface area contributed by atoms with E-state index in [0.717, 1.165) is 30.5 Å². The Morgan fingerprint density at radius 2 is 1.72 bits per heavy atom. The van der Waals surface area contributed by atoms with Crippen LogP contribution in [0, 0.1) is 11.6 Å². The lowest BCUT2D eigenvalue weighted by atomic mass is 10.1. The minimum absolute atomic E-state index is 0.117. The average molecular weight is 510 g/mol. The number of hydrogen-bond donors (Lipinski definition) is 1. The van der Waals surface area contributed by atoms with Crippen molar-refractivity contribution < 1.29 is 42.4 Å². The third kappa shape index (κ3) is 10.2. The number of rotatable bonds is 16. The highest BCUT2D eigenvalue weighted by molar-refractivity contribution is 5.72. The molecule has 0 aliphatic carbocycles. The number of amides is 1. The maximum atomic E-state index is 13.9. The summed E-state index contributed by atoms with van der Waals surface area (Å²) in [7, 11) is 0. The second-order valence-electron chi connectivity index (χ2n) is 7.87. The average Bonchev–Trinajstić information content (AvgIpc) is 2.85. The molecule has 0 heterocycles. The van der Waals surface area contributed by atoms with E-state index in [1.54, 1.807) is 31.2 Å². The number of carbonyl (C=O) groups is 2. The third-order valence-electron chi connectivity index (χ3n) is 5.11. The van der Waals surface area contributed by atoms with Crippen LogP contribution in [0.25, 0.3) is 0 Å². The number of carboxylic acid groups (broad SMARTS) is 1. The fraction of sp³-hybridized carbons (Fsp3) is 0.462. The van der Waals surface area contributed by atoms with Gasteiger partial charge in [-0.3, -0.25) is 0 Å². The van der Waals surface area contributed by atoms with Crippen LogP contribution in [0.15, 0.2) is 42.5 Å². The number of benzene rings is 2. The molecule has 198 valence electrons. The first-order valence-electron chi connectivity index (χ1n) is 11.9. The standard InChI is InChI=1S/C26H33F2NO7/c1-3-5-14-33-15-12-29(26(32)36-23-11-8-20(27)18-22(23)28)13-16-35-21-9-6-19(7-10-21)17-24(25(30)31)34-4-2/h6-11,18,24H,3-5,12-17H2,1-2H3,(H,30,31). The number of hydrogen-bond acceptors (Lipinski definition) is 6. The minimum Gasteiger partial charge on any atom is -0.492 e. The Bertz CT molecular complexity index is 956. The first kappa shape index (κ1) is 29.0. The highest BCUT2D eigenvalue weighted by Crippen LogP contribution is 2.19. The minimum atomic E-state index is -1.02. The van der Waals surface area contributed by atoms with E-state index in [1.165, 1.54) is 4.90 Å². The van der Waals surface area contributed by atoms with Crippen LogP contribution in [0.3, 0.4) is 0 Å². The van der Waals surface area contributed by atoms with Crippen molar-refractivity contribution in [3.05, 3.63) is 59.7 Å². The van der Waals surface area contributed by atoms with Gasteiger partial charge in [-0.05, 0) is 43.2 Å². The summed E-state index contributed by atoms with van der Waals surface area (Å²) >= 11 is 0. The lowest BCUT2D eigenvalue weighted by molar-refractivity contribution is -0.149. The van der Waals surface area contributed by atoms with Crippen molar-refractivity contribution >= 4 is 12.1 Å². The lowest BCUT2D eigenvalue weighted by Gasteiger charge is -2.22. The molecule has 0 bridgehead atoms. The summed E-state index contributed by atoms with van der Waals surface area (Å²) in [5.41, 5.74) is 0.777. The number of unbranched alkanes of at least 4 members (excludes halogenated alkanes) is 1. The van der Waals surface area contributed by atoms with Crippen LogP contribution in [0.2, 0.25) is 0 Å². The summed E-state index contributed by atoms with van der Waals surface area (Å²) in [5.74, 6) is -2.62. The van der Waals surface area contributed by atoms with Gasteiger partial charge in [-0.2, -0.15) is 0 Å². The molecule has 1 unspecified atom stereocenters. The van der Waals surface area contributed by atoms with Crippen molar-refractivity contribution in [1.82, 2.24) is 4.90 Å². The first-order valence-corrected chi connectivity index (χ1v) is 11.9. The van der Waals surface area contributed by atoms with Gasteiger partial charge in [0.25, 0.3) is 0 Å². The van der Waals surface area contributed by atoms with Crippen molar-refractivity contribution in [2.24, 2.45) is 0 Å². The zero-order valence-electron chi connectivity index (χ0n) is 20.6. The summed E-state index contributed by atoms with van der Waals surface area (Å²) in [5, 5.41) is 9.22. The van der Waals surface area contributed by atoms with Gasteiger partial charge < -0.3 is 29.0 Å². The highest BCUT2D eigenvalue weighted by Gasteiger charge is 2.19. The maximum absolute atomic E-state index is 13.9. The highest BCUT2D eigenvalue weighted by atomic mass is 19.1. The van der Waals surface area contributed by atoms with Gasteiger partial charge in [-0.15, -0.1) is 0 Å². The Hall–Kier alpha value is -3.24. The largest absolute Gasteiger partial charge is 0.492 e. The SMILES string of the molecule is CCCCOCCN(CCOc1ccc(CC(OCC)C(=O)O)cc1)C(=O)Oc1ccc(F)cc1F. The van der Waals surface area contributed by atoms with Crippen molar-refractivity contribution in [2.45, 2.75) is 39.2 Å². The van der Waals surface area contributed by atoms with Gasteiger partial charge in [0.1, 0.15) is 18.2 Å². The molecule has 0 aliphatic heterocycles. The van der Waals surface area contributed by atoms with Crippen LogP contribution < -0.4 is 9.47 Å². The zero-order valence-corrected chi connectivity index (χ0v) is 20.6. The molecule has 0 saturated carbocycles. The van der Waals surface area contributed by atoms with Crippen LogP contribution in [0.1, 0.15) is 32.3 Å². The molecule has 36 heavy (non-hydrogen) atoms. The molecule has 2 rings (SSSR count). The molecule has 0 saturated heterocycles. The predicted molar refractivity (Wildman–Crippen MR) is 128 cm³/mol. The number of nitrogens with zero attached hydrogens (tertiary/aromatic N) is 1. The lowest BCUT2D eigenvalue weighted by Crippen LogP contribution is -2.39. The number of carbonyl (C=O) groups excluding carboxylic acids is 1. The maximum Gasteiger partial charge on any atom is 0.415 e. The van der Waals surface area contributed by atoms with E-state index < -0.39 is 29.8 Å². The van der Waals surface area contributed by atoms with Gasteiger partial charge in [0.15, 0.2) is 17.7 Å². The molecular formula is C26H33F2NO7. The van der Waals surface area contributed by atoms with Crippen LogP contribution >= 0.6 is 0 Å². The smallest absolute Gasteiger partial charge is 0.415 e. The van der Waals surface area contributed by atoms with Crippen molar-refractivity contribution in [2.75, 3.05) is 39.5 Å². The predicted octanol–water partition coefficient (Wildman–Crippen LogP) is 4.69. The fourth-order valence-corrected chi connectivity index (χ4v) is 3.16. The first-order chi connectivity index (χ1) is 17.3. The van der Waals surface area contributed by atoms with Crippen molar-refractivity contribution in [1.29, 1.82) is 0 Å². The summed E-state index contributed by atoms with van der Waals surface area (Å²) in [6.07, 6.45) is 0.356. The van der Waals surface area contributed by atoms with E-state index in [4.69, 9.17) is 18.9 Å². The molecule has 0 aromatic heterocycles. The molecule has 2 aromatic carbocycles. The molecule has 2 aromatic rings. The van der Waals surface area contributed by atoms with Crippen molar-refractivity contribution in [3.63, 3.8) is 0 Å². The molecule has 0 aliphatic rings. The Morgan fingerprint density at radius 1 is 1.00 bits per heavy atom. The van der Waals surface area contributed by atoms with E-state index in [1.807, 2.05) is 6.92 Å². The van der Waals surface area contributed by atoms with Gasteiger partial charge in [0.2, 0.25) is 0 Å². The van der Waals surface area contributed by atoms with Gasteiger partial charge >= 0.3 is 12.1 Å². The van der Waals surface area contributed by atoms with Gasteiger partial charge in [-0.25, -0.2) is 18.4 Å². The summed E-state index contributed by atoms with van der Waals surface area (Å²) in [6, 6.07) is 9.58. The Balaban J connectivity index is 1.93. The van der Waals surface area contributed by atoms with Gasteiger partial charge in [-0.1, -0.05) is 25.5 Å². The van der Waals surface area contributed by atoms with Crippen LogP contribution in [-0.2, 0) is 20.7 Å². The number of aliphatic carboxylic acids is 1. The van der Waals surface area contributed by atoms with Crippen LogP contribution in [0.5, 0.6) is 11.5 Å². The Kier molecular flexibility index (Phi) is 12.6. The molecule has 1 N–H and O–H groups in total. The second-order valence-corrected chi connectivity index (χ2v) is 7.87. The van der Waals surface area contributed by atoms with Crippen LogP contribution in [-0.4, -0.2) is 67.7 Å². The van der Waals surface area contributed by atoms with Crippen molar-refractivity contribution in [3.8, 4) is 11.5 Å². The van der Waals surface area contributed by atoms with E-state index in [9.17, 15) is 23.5 Å². The Labute approximate surface area is 209 Å².